The Balaban J connectivity index is 2.10. The molecule has 6 nitrogen and oxygen atoms in total. The quantitative estimate of drug-likeness (QED) is 0.743. The van der Waals surface area contributed by atoms with Crippen molar-refractivity contribution in [3.63, 3.8) is 0 Å². The Morgan fingerprint density at radius 1 is 1.23 bits per heavy atom. The van der Waals surface area contributed by atoms with Gasteiger partial charge in [-0.3, -0.25) is 0 Å². The molecule has 0 aliphatic carbocycles. The number of carbonyl (C=O) groups is 1. The Morgan fingerprint density at radius 2 is 1.81 bits per heavy atom. The van der Waals surface area contributed by atoms with Crippen LogP contribution >= 0.6 is 23.2 Å². The second kappa shape index (κ2) is 7.92. The van der Waals surface area contributed by atoms with Gasteiger partial charge >= 0.3 is 6.09 Å². The summed E-state index contributed by atoms with van der Waals surface area (Å²) in [6, 6.07) is 4.52. The number of ether oxygens (including phenoxy) is 1. The summed E-state index contributed by atoms with van der Waals surface area (Å²) in [6.45, 7) is 7.89. The maximum Gasteiger partial charge on any atom is 0.410 e. The molecule has 0 radical (unpaired) electrons. The first-order chi connectivity index (χ1) is 11.9. The van der Waals surface area contributed by atoms with Crippen LogP contribution in [0.1, 0.15) is 33.3 Å². The van der Waals surface area contributed by atoms with E-state index < -0.39 is 21.7 Å². The average molecular weight is 423 g/mol. The van der Waals surface area contributed by atoms with Crippen molar-refractivity contribution in [3.8, 4) is 0 Å². The van der Waals surface area contributed by atoms with Gasteiger partial charge in [0.1, 0.15) is 5.60 Å². The van der Waals surface area contributed by atoms with Gasteiger partial charge in [0.05, 0.1) is 5.75 Å². The highest BCUT2D eigenvalue weighted by Crippen LogP contribution is 2.28. The van der Waals surface area contributed by atoms with Crippen LogP contribution in [0.2, 0.25) is 10.0 Å². The van der Waals surface area contributed by atoms with Crippen LogP contribution in [0.4, 0.5) is 4.79 Å². The maximum atomic E-state index is 12.8. The van der Waals surface area contributed by atoms with Gasteiger partial charge in [-0.2, -0.15) is 4.31 Å². The number of amides is 1. The van der Waals surface area contributed by atoms with E-state index in [1.807, 2.05) is 0 Å². The van der Waals surface area contributed by atoms with Crippen molar-refractivity contribution in [3.05, 3.63) is 33.8 Å². The minimum Gasteiger partial charge on any atom is -0.444 e. The van der Waals surface area contributed by atoms with E-state index in [9.17, 15) is 13.2 Å². The summed E-state index contributed by atoms with van der Waals surface area (Å²) >= 11 is 12.2. The number of carbonyl (C=O) groups excluding carboxylic acids is 1. The molecule has 146 valence electrons. The summed E-state index contributed by atoms with van der Waals surface area (Å²) < 4.78 is 32.5. The van der Waals surface area contributed by atoms with E-state index in [2.05, 4.69) is 0 Å². The van der Waals surface area contributed by atoms with Crippen LogP contribution in [-0.4, -0.2) is 55.0 Å². The molecule has 0 N–H and O–H groups in total. The smallest absolute Gasteiger partial charge is 0.410 e. The monoisotopic (exact) mass is 422 g/mol. The molecule has 0 bridgehead atoms. The van der Waals surface area contributed by atoms with Crippen LogP contribution in [0, 0.1) is 0 Å². The number of halogens is 2. The molecule has 2 rings (SSSR count). The number of benzene rings is 1. The summed E-state index contributed by atoms with van der Waals surface area (Å²) in [5, 5.41) is 0.641. The highest BCUT2D eigenvalue weighted by atomic mass is 35.5. The molecular weight excluding hydrogens is 399 g/mol. The van der Waals surface area contributed by atoms with Crippen molar-refractivity contribution in [1.29, 1.82) is 0 Å². The number of sulfonamides is 1. The van der Waals surface area contributed by atoms with Gasteiger partial charge in [-0.1, -0.05) is 29.3 Å². The molecule has 1 aromatic carbocycles. The molecule has 0 aromatic heterocycles. The first-order valence-electron chi connectivity index (χ1n) is 8.31. The number of rotatable bonds is 3. The second-order valence-electron chi connectivity index (χ2n) is 7.34. The van der Waals surface area contributed by atoms with E-state index in [4.69, 9.17) is 27.9 Å². The lowest BCUT2D eigenvalue weighted by Crippen LogP contribution is -2.56. The SMILES string of the molecule is C[C@H]1CN(C(=O)OC(C)(C)C)CCN1S(=O)(=O)Cc1c(Cl)cccc1Cl. The number of hydrogen-bond donors (Lipinski definition) is 0. The molecule has 1 atom stereocenters. The standard InChI is InChI=1S/C17H24Cl2N2O4S/c1-12-10-20(16(22)25-17(2,3)4)8-9-21(12)26(23,24)11-13-14(18)6-5-7-15(13)19/h5-7,12H,8-11H2,1-4H3/t12-/m0/s1. The first-order valence-corrected chi connectivity index (χ1v) is 10.7. The fourth-order valence-corrected chi connectivity index (χ4v) is 5.29. The van der Waals surface area contributed by atoms with E-state index in [0.717, 1.165) is 0 Å². The lowest BCUT2D eigenvalue weighted by atomic mass is 10.2. The summed E-state index contributed by atoms with van der Waals surface area (Å²) in [6.07, 6.45) is -0.435. The molecule has 0 saturated carbocycles. The summed E-state index contributed by atoms with van der Waals surface area (Å²) in [5.74, 6) is -0.276. The van der Waals surface area contributed by atoms with Gasteiger partial charge in [-0.15, -0.1) is 0 Å². The number of piperazine rings is 1. The summed E-state index contributed by atoms with van der Waals surface area (Å²) in [5.41, 5.74) is -0.206. The molecule has 1 aliphatic rings. The van der Waals surface area contributed by atoms with Crippen LogP contribution in [0.25, 0.3) is 0 Å². The van der Waals surface area contributed by atoms with E-state index >= 15 is 0 Å². The minimum atomic E-state index is -3.63. The molecule has 1 aromatic rings. The molecule has 1 fully saturated rings. The van der Waals surface area contributed by atoms with Crippen molar-refractivity contribution in [2.45, 2.75) is 45.1 Å². The van der Waals surface area contributed by atoms with E-state index in [1.165, 1.54) is 9.21 Å². The first kappa shape index (κ1) is 21.3. The Bertz CT molecular complexity index is 757. The lowest BCUT2D eigenvalue weighted by molar-refractivity contribution is 0.0143. The minimum absolute atomic E-state index is 0.199. The topological polar surface area (TPSA) is 66.9 Å². The summed E-state index contributed by atoms with van der Waals surface area (Å²) in [4.78, 5) is 13.7. The van der Waals surface area contributed by atoms with Crippen LogP contribution in [0.5, 0.6) is 0 Å². The van der Waals surface area contributed by atoms with Crippen molar-refractivity contribution in [2.24, 2.45) is 0 Å². The van der Waals surface area contributed by atoms with E-state index in [1.54, 1.807) is 45.9 Å². The lowest BCUT2D eigenvalue weighted by Gasteiger charge is -2.39. The van der Waals surface area contributed by atoms with Gasteiger partial charge in [0, 0.05) is 41.3 Å². The average Bonchev–Trinajstić information content (AvgIpc) is 2.49. The molecule has 0 spiro atoms. The number of nitrogens with zero attached hydrogens (tertiary/aromatic N) is 2. The fourth-order valence-electron chi connectivity index (χ4n) is 2.78. The molecular formula is C17H24Cl2N2O4S. The van der Waals surface area contributed by atoms with Crippen LogP contribution in [0.3, 0.4) is 0 Å². The molecule has 9 heteroatoms. The zero-order valence-electron chi connectivity index (χ0n) is 15.3. The highest BCUT2D eigenvalue weighted by molar-refractivity contribution is 7.88. The molecule has 0 unspecified atom stereocenters. The van der Waals surface area contributed by atoms with Gasteiger partial charge < -0.3 is 9.64 Å². The normalized spacial score (nSPS) is 19.5. The Kier molecular flexibility index (Phi) is 6.48. The van der Waals surface area contributed by atoms with E-state index in [0.29, 0.717) is 15.6 Å². The third-order valence-corrected chi connectivity index (χ3v) is 6.58. The van der Waals surface area contributed by atoms with Gasteiger partial charge in [0.25, 0.3) is 0 Å². The zero-order valence-corrected chi connectivity index (χ0v) is 17.7. The Hall–Kier alpha value is -1.02. The van der Waals surface area contributed by atoms with Crippen LogP contribution < -0.4 is 0 Å². The molecule has 26 heavy (non-hydrogen) atoms. The maximum absolute atomic E-state index is 12.8. The van der Waals surface area contributed by atoms with Crippen molar-refractivity contribution in [1.82, 2.24) is 9.21 Å². The third-order valence-electron chi connectivity index (χ3n) is 3.96. The second-order valence-corrected chi connectivity index (χ2v) is 10.1. The fraction of sp³-hybridized carbons (Fsp3) is 0.588. The van der Waals surface area contributed by atoms with Gasteiger partial charge in [0.15, 0.2) is 0 Å². The molecule has 1 heterocycles. The van der Waals surface area contributed by atoms with Gasteiger partial charge in [-0.25, -0.2) is 13.2 Å². The molecule has 1 amide bonds. The predicted molar refractivity (Wildman–Crippen MR) is 103 cm³/mol. The molecule has 1 aliphatic heterocycles. The Morgan fingerprint density at radius 3 is 2.31 bits per heavy atom. The van der Waals surface area contributed by atoms with Crippen molar-refractivity contribution >= 4 is 39.3 Å². The molecule has 1 saturated heterocycles. The third kappa shape index (κ3) is 5.25. The van der Waals surface area contributed by atoms with Crippen LogP contribution in [0.15, 0.2) is 18.2 Å². The predicted octanol–water partition coefficient (Wildman–Crippen LogP) is 3.76. The Labute approximate surface area is 165 Å². The van der Waals surface area contributed by atoms with Crippen LogP contribution in [-0.2, 0) is 20.5 Å². The van der Waals surface area contributed by atoms with Crippen molar-refractivity contribution < 1.29 is 17.9 Å². The number of hydrogen-bond acceptors (Lipinski definition) is 4. The van der Waals surface area contributed by atoms with E-state index in [-0.39, 0.29) is 31.4 Å². The largest absolute Gasteiger partial charge is 0.444 e. The van der Waals surface area contributed by atoms with Gasteiger partial charge in [-0.05, 0) is 39.8 Å². The summed E-state index contributed by atoms with van der Waals surface area (Å²) in [7, 11) is -3.63. The van der Waals surface area contributed by atoms with Gasteiger partial charge in [0.2, 0.25) is 10.0 Å². The highest BCUT2D eigenvalue weighted by Gasteiger charge is 2.36. The zero-order chi connectivity index (χ0) is 19.7. The van der Waals surface area contributed by atoms with Crippen molar-refractivity contribution in [2.75, 3.05) is 19.6 Å².